The zero-order valence-electron chi connectivity index (χ0n) is 11.9. The summed E-state index contributed by atoms with van der Waals surface area (Å²) in [7, 11) is 0. The van der Waals surface area contributed by atoms with Gasteiger partial charge in [0.15, 0.2) is 0 Å². The molecule has 110 valence electrons. The Balaban J connectivity index is 1.73. The number of esters is 1. The molecule has 4 heteroatoms. The van der Waals surface area contributed by atoms with E-state index >= 15 is 0 Å². The number of carbonyl (C=O) groups is 2. The summed E-state index contributed by atoms with van der Waals surface area (Å²) in [5, 5.41) is 2.88. The number of ether oxygens (including phenoxy) is 1. The van der Waals surface area contributed by atoms with Gasteiger partial charge in [0.25, 0.3) is 5.91 Å². The minimum absolute atomic E-state index is 0.0465. The molecule has 2 aliphatic rings. The second kappa shape index (κ2) is 4.98. The van der Waals surface area contributed by atoms with Crippen LogP contribution in [0.4, 0.5) is 0 Å². The van der Waals surface area contributed by atoms with Crippen molar-refractivity contribution in [1.29, 1.82) is 0 Å². The molecule has 22 heavy (non-hydrogen) atoms. The number of para-hydroxylation sites is 1. The molecule has 0 radical (unpaired) electrons. The second-order valence-corrected chi connectivity index (χ2v) is 5.74. The second-order valence-electron chi connectivity index (χ2n) is 5.74. The minimum atomic E-state index is -0.267. The van der Waals surface area contributed by atoms with Gasteiger partial charge in [-0.05, 0) is 29.7 Å². The number of carbonyl (C=O) groups excluding carboxylic acids is 2. The molecule has 0 saturated carbocycles. The highest BCUT2D eigenvalue weighted by Crippen LogP contribution is 2.37. The first kappa shape index (κ1) is 13.1. The summed E-state index contributed by atoms with van der Waals surface area (Å²) < 4.78 is 5.49. The molecule has 4 nitrogen and oxygen atoms in total. The van der Waals surface area contributed by atoms with Gasteiger partial charge in [0.2, 0.25) is 0 Å². The molecule has 2 aromatic rings. The fourth-order valence-electron chi connectivity index (χ4n) is 3.38. The van der Waals surface area contributed by atoms with Crippen molar-refractivity contribution < 1.29 is 14.3 Å². The van der Waals surface area contributed by atoms with Gasteiger partial charge < -0.3 is 10.1 Å². The molecule has 0 spiro atoms. The third kappa shape index (κ3) is 1.99. The van der Waals surface area contributed by atoms with Crippen molar-refractivity contribution in [1.82, 2.24) is 5.32 Å². The number of hydrogen-bond acceptors (Lipinski definition) is 3. The molecule has 2 atom stereocenters. The molecule has 0 aromatic heterocycles. The zero-order valence-corrected chi connectivity index (χ0v) is 11.9. The maximum atomic E-state index is 12.4. The predicted octanol–water partition coefficient (Wildman–Crippen LogP) is 2.29. The molecule has 2 aliphatic heterocycles. The summed E-state index contributed by atoms with van der Waals surface area (Å²) >= 11 is 0. The molecule has 0 fully saturated rings. The SMILES string of the molecule is O=C1NCC(C2Cc3ccccc3OC2=O)c2ccccc21. The average molecular weight is 293 g/mol. The first-order valence-corrected chi connectivity index (χ1v) is 7.41. The fourth-order valence-corrected chi connectivity index (χ4v) is 3.38. The Morgan fingerprint density at radius 1 is 0.955 bits per heavy atom. The number of hydrogen-bond donors (Lipinski definition) is 1. The van der Waals surface area contributed by atoms with Crippen LogP contribution in [0.25, 0.3) is 0 Å². The smallest absolute Gasteiger partial charge is 0.315 e. The molecular formula is C18H15NO3. The van der Waals surface area contributed by atoms with E-state index in [1.165, 1.54) is 0 Å². The summed E-state index contributed by atoms with van der Waals surface area (Å²) in [4.78, 5) is 24.4. The van der Waals surface area contributed by atoms with Crippen LogP contribution in [-0.2, 0) is 11.2 Å². The van der Waals surface area contributed by atoms with E-state index in [1.54, 1.807) is 6.07 Å². The maximum Gasteiger partial charge on any atom is 0.315 e. The summed E-state index contributed by atoms with van der Waals surface area (Å²) in [6.45, 7) is 0.470. The van der Waals surface area contributed by atoms with E-state index in [0.717, 1.165) is 11.1 Å². The Morgan fingerprint density at radius 2 is 1.73 bits per heavy atom. The predicted molar refractivity (Wildman–Crippen MR) is 80.8 cm³/mol. The Morgan fingerprint density at radius 3 is 2.64 bits per heavy atom. The lowest BCUT2D eigenvalue weighted by Crippen LogP contribution is -2.42. The minimum Gasteiger partial charge on any atom is -0.426 e. The first-order chi connectivity index (χ1) is 10.7. The standard InChI is InChI=1S/C18H15NO3/c20-17-13-7-3-2-6-12(13)15(10-19-17)14-9-11-5-1-4-8-16(11)22-18(14)21/h1-8,14-15H,9-10H2,(H,19,20). The van der Waals surface area contributed by atoms with Crippen LogP contribution in [0.15, 0.2) is 48.5 Å². The molecule has 2 heterocycles. The Bertz CT molecular complexity index is 768. The third-order valence-electron chi connectivity index (χ3n) is 4.50. The lowest BCUT2D eigenvalue weighted by atomic mass is 9.77. The zero-order chi connectivity index (χ0) is 15.1. The number of amides is 1. The highest BCUT2D eigenvalue weighted by molar-refractivity contribution is 5.97. The average Bonchev–Trinajstić information content (AvgIpc) is 2.55. The van der Waals surface area contributed by atoms with Crippen molar-refractivity contribution in [2.75, 3.05) is 6.54 Å². The Hall–Kier alpha value is -2.62. The Labute approximate surface area is 128 Å². The van der Waals surface area contributed by atoms with Gasteiger partial charge in [-0.3, -0.25) is 9.59 Å². The summed E-state index contributed by atoms with van der Waals surface area (Å²) in [5.74, 6) is 0.0503. The van der Waals surface area contributed by atoms with Gasteiger partial charge in [-0.2, -0.15) is 0 Å². The lowest BCUT2D eigenvalue weighted by molar-refractivity contribution is -0.141. The first-order valence-electron chi connectivity index (χ1n) is 7.41. The lowest BCUT2D eigenvalue weighted by Gasteiger charge is -2.33. The fraction of sp³-hybridized carbons (Fsp3) is 0.222. The number of nitrogens with one attached hydrogen (secondary N) is 1. The molecule has 0 saturated heterocycles. The number of fused-ring (bicyclic) bond motifs is 2. The van der Waals surface area contributed by atoms with Crippen LogP contribution in [0.3, 0.4) is 0 Å². The molecule has 1 amide bonds. The van der Waals surface area contributed by atoms with Gasteiger partial charge in [0.1, 0.15) is 5.75 Å². The van der Waals surface area contributed by atoms with Crippen molar-refractivity contribution in [3.05, 3.63) is 65.2 Å². The number of benzene rings is 2. The normalized spacial score (nSPS) is 23.1. The van der Waals surface area contributed by atoms with Crippen molar-refractivity contribution in [2.45, 2.75) is 12.3 Å². The van der Waals surface area contributed by atoms with E-state index in [0.29, 0.717) is 24.3 Å². The van der Waals surface area contributed by atoms with Gasteiger partial charge >= 0.3 is 5.97 Å². The molecule has 2 aromatic carbocycles. The van der Waals surface area contributed by atoms with Crippen LogP contribution >= 0.6 is 0 Å². The quantitative estimate of drug-likeness (QED) is 0.648. The van der Waals surface area contributed by atoms with E-state index in [4.69, 9.17) is 4.74 Å². The third-order valence-corrected chi connectivity index (χ3v) is 4.50. The van der Waals surface area contributed by atoms with E-state index in [1.807, 2.05) is 42.5 Å². The van der Waals surface area contributed by atoms with Crippen molar-refractivity contribution in [3.63, 3.8) is 0 Å². The number of rotatable bonds is 1. The van der Waals surface area contributed by atoms with Crippen molar-refractivity contribution >= 4 is 11.9 Å². The highest BCUT2D eigenvalue weighted by atomic mass is 16.5. The summed E-state index contributed by atoms with van der Waals surface area (Å²) in [6.07, 6.45) is 0.643. The molecule has 4 rings (SSSR count). The molecule has 0 bridgehead atoms. The topological polar surface area (TPSA) is 55.4 Å². The van der Waals surface area contributed by atoms with E-state index < -0.39 is 0 Å². The summed E-state index contributed by atoms with van der Waals surface area (Å²) in [6, 6.07) is 15.1. The Kier molecular flexibility index (Phi) is 2.96. The van der Waals surface area contributed by atoms with Gasteiger partial charge in [0, 0.05) is 18.0 Å². The molecule has 1 N–H and O–H groups in total. The van der Waals surface area contributed by atoms with Crippen LogP contribution in [-0.4, -0.2) is 18.4 Å². The van der Waals surface area contributed by atoms with Crippen LogP contribution in [0, 0.1) is 5.92 Å². The van der Waals surface area contributed by atoms with Crippen LogP contribution < -0.4 is 10.1 Å². The summed E-state index contributed by atoms with van der Waals surface area (Å²) in [5.41, 5.74) is 2.64. The van der Waals surface area contributed by atoms with Crippen LogP contribution in [0.1, 0.15) is 27.4 Å². The van der Waals surface area contributed by atoms with E-state index in [-0.39, 0.29) is 23.7 Å². The van der Waals surface area contributed by atoms with Crippen molar-refractivity contribution in [3.8, 4) is 5.75 Å². The van der Waals surface area contributed by atoms with Crippen LogP contribution in [0.5, 0.6) is 5.75 Å². The largest absolute Gasteiger partial charge is 0.426 e. The monoisotopic (exact) mass is 293 g/mol. The van der Waals surface area contributed by atoms with Gasteiger partial charge in [-0.25, -0.2) is 0 Å². The van der Waals surface area contributed by atoms with Gasteiger partial charge in [-0.15, -0.1) is 0 Å². The van der Waals surface area contributed by atoms with E-state index in [2.05, 4.69) is 5.32 Å². The van der Waals surface area contributed by atoms with Gasteiger partial charge in [0.05, 0.1) is 5.92 Å². The van der Waals surface area contributed by atoms with Crippen LogP contribution in [0.2, 0.25) is 0 Å². The molecule has 0 aliphatic carbocycles. The maximum absolute atomic E-state index is 12.4. The molecule has 2 unspecified atom stereocenters. The molecular weight excluding hydrogens is 278 g/mol. The van der Waals surface area contributed by atoms with Crippen molar-refractivity contribution in [2.24, 2.45) is 5.92 Å². The van der Waals surface area contributed by atoms with Gasteiger partial charge in [-0.1, -0.05) is 36.4 Å². The highest BCUT2D eigenvalue weighted by Gasteiger charge is 2.39. The van der Waals surface area contributed by atoms with E-state index in [9.17, 15) is 9.59 Å².